The third-order valence-electron chi connectivity index (χ3n) is 7.76. The molecule has 0 saturated carbocycles. The van der Waals surface area contributed by atoms with E-state index in [1.54, 1.807) is 0 Å². The lowest BCUT2D eigenvalue weighted by molar-refractivity contribution is -0.272. The van der Waals surface area contributed by atoms with Crippen molar-refractivity contribution in [1.82, 2.24) is 0 Å². The highest BCUT2D eigenvalue weighted by Crippen LogP contribution is 2.32. The van der Waals surface area contributed by atoms with Gasteiger partial charge in [-0.05, 0) is 22.3 Å². The minimum Gasteiger partial charge on any atom is -0.374 e. The molecule has 0 aromatic heterocycles. The van der Waals surface area contributed by atoms with E-state index < -0.39 is 42.1 Å². The molecule has 1 aliphatic heterocycles. The van der Waals surface area contributed by atoms with Crippen LogP contribution < -0.4 is 0 Å². The third-order valence-corrected chi connectivity index (χ3v) is 7.76. The Bertz CT molecular complexity index is 1450. The largest absolute Gasteiger partial charge is 0.374 e. The first-order valence-electron chi connectivity index (χ1n) is 15.3. The Morgan fingerprint density at radius 3 is 1.33 bits per heavy atom. The fraction of sp³-hybridized carbons (Fsp3) is 0.316. The molecule has 1 aliphatic rings. The van der Waals surface area contributed by atoms with Crippen LogP contribution in [-0.2, 0) is 59.7 Å². The molecule has 4 aromatic rings. The lowest BCUT2D eigenvalue weighted by atomic mass is 9.91. The zero-order valence-electron chi connectivity index (χ0n) is 25.5. The first-order valence-corrected chi connectivity index (χ1v) is 15.3. The monoisotopic (exact) mass is 608 g/mol. The maximum absolute atomic E-state index is 12.8. The van der Waals surface area contributed by atoms with Gasteiger partial charge in [-0.25, -0.2) is 0 Å². The van der Waals surface area contributed by atoms with Crippen LogP contribution >= 0.6 is 0 Å². The summed E-state index contributed by atoms with van der Waals surface area (Å²) in [7, 11) is 0. The predicted octanol–water partition coefficient (Wildman–Crippen LogP) is 6.28. The minimum atomic E-state index is -0.757. The van der Waals surface area contributed by atoms with E-state index in [9.17, 15) is 9.59 Å². The Morgan fingerprint density at radius 1 is 0.533 bits per heavy atom. The van der Waals surface area contributed by atoms with E-state index in [2.05, 4.69) is 0 Å². The number of benzene rings is 4. The molecular formula is C38H40O7. The van der Waals surface area contributed by atoms with Gasteiger partial charge in [0.1, 0.15) is 24.4 Å². The summed E-state index contributed by atoms with van der Waals surface area (Å²) in [4.78, 5) is 24.9. The van der Waals surface area contributed by atoms with Crippen LogP contribution in [0.2, 0.25) is 0 Å². The fourth-order valence-corrected chi connectivity index (χ4v) is 5.38. The minimum absolute atomic E-state index is 0.138. The molecule has 234 valence electrons. The van der Waals surface area contributed by atoms with E-state index in [0.717, 1.165) is 22.3 Å². The molecule has 1 heterocycles. The molecule has 1 saturated heterocycles. The van der Waals surface area contributed by atoms with Crippen LogP contribution in [0, 0.1) is 0 Å². The highest BCUT2D eigenvalue weighted by Gasteiger charge is 2.49. The lowest BCUT2D eigenvalue weighted by Crippen LogP contribution is -2.61. The van der Waals surface area contributed by atoms with Crippen molar-refractivity contribution < 1.29 is 33.3 Å². The van der Waals surface area contributed by atoms with Crippen molar-refractivity contribution in [2.75, 3.05) is 6.61 Å². The second-order valence-electron chi connectivity index (χ2n) is 11.2. The topological polar surface area (TPSA) is 80.3 Å². The van der Waals surface area contributed by atoms with Crippen molar-refractivity contribution in [2.45, 2.75) is 70.3 Å². The number of hydrogen-bond donors (Lipinski definition) is 0. The number of rotatable bonds is 16. The summed E-state index contributed by atoms with van der Waals surface area (Å²) in [5.41, 5.74) is 3.98. The van der Waals surface area contributed by atoms with Gasteiger partial charge in [0.05, 0.1) is 39.1 Å². The average Bonchev–Trinajstić information content (AvgIpc) is 3.08. The Morgan fingerprint density at radius 2 is 0.911 bits per heavy atom. The molecule has 7 heteroatoms. The van der Waals surface area contributed by atoms with Gasteiger partial charge in [-0.15, -0.1) is 0 Å². The smallest absolute Gasteiger partial charge is 0.200 e. The molecule has 0 radical (unpaired) electrons. The lowest BCUT2D eigenvalue weighted by Gasteiger charge is -2.46. The van der Waals surface area contributed by atoms with Crippen LogP contribution in [0.3, 0.4) is 0 Å². The molecule has 0 bridgehead atoms. The highest BCUT2D eigenvalue weighted by molar-refractivity contribution is 6.36. The standard InChI is InChI=1S/C38H40O7/c1-28(39)33(40)22-34-36(42-24-30-16-8-3-9-17-30)38(44-26-32-20-12-5-13-21-32)37(43-25-31-18-10-4-11-19-31)35(45-34)27-41-23-29-14-6-2-7-15-29/h2-21,34-38H,22-27H2,1H3/t34-,35?,36?,37-,38?/m1/s1. The summed E-state index contributed by atoms with van der Waals surface area (Å²) in [5, 5.41) is 0. The van der Waals surface area contributed by atoms with Gasteiger partial charge in [0.15, 0.2) is 5.78 Å². The molecule has 0 N–H and O–H groups in total. The third kappa shape index (κ3) is 9.75. The Hall–Kier alpha value is -3.98. The number of hydrogen-bond acceptors (Lipinski definition) is 7. The van der Waals surface area contributed by atoms with Crippen LogP contribution in [0.1, 0.15) is 35.6 Å². The van der Waals surface area contributed by atoms with E-state index in [1.165, 1.54) is 6.92 Å². The van der Waals surface area contributed by atoms with Crippen LogP contribution in [0.4, 0.5) is 0 Å². The number of carbonyl (C=O) groups is 2. The molecule has 0 spiro atoms. The molecule has 45 heavy (non-hydrogen) atoms. The maximum Gasteiger partial charge on any atom is 0.200 e. The maximum atomic E-state index is 12.8. The van der Waals surface area contributed by atoms with E-state index in [1.807, 2.05) is 121 Å². The second kappa shape index (κ2) is 16.9. The Labute approximate surface area is 265 Å². The van der Waals surface area contributed by atoms with Crippen molar-refractivity contribution in [3.05, 3.63) is 144 Å². The number of carbonyl (C=O) groups excluding carboxylic acids is 2. The Kier molecular flexibility index (Phi) is 12.2. The zero-order valence-corrected chi connectivity index (χ0v) is 25.5. The molecule has 1 fully saturated rings. The summed E-state index contributed by atoms with van der Waals surface area (Å²) < 4.78 is 32.6. The van der Waals surface area contributed by atoms with Crippen LogP contribution in [-0.4, -0.2) is 48.7 Å². The van der Waals surface area contributed by atoms with Crippen LogP contribution in [0.25, 0.3) is 0 Å². The fourth-order valence-electron chi connectivity index (χ4n) is 5.38. The zero-order chi connectivity index (χ0) is 31.3. The van der Waals surface area contributed by atoms with Crippen LogP contribution in [0.5, 0.6) is 0 Å². The van der Waals surface area contributed by atoms with Crippen molar-refractivity contribution in [2.24, 2.45) is 0 Å². The molecule has 0 amide bonds. The number of Topliss-reactive ketones (excluding diaryl/α,β-unsaturated/α-hetero) is 2. The van der Waals surface area contributed by atoms with E-state index in [0.29, 0.717) is 19.8 Å². The van der Waals surface area contributed by atoms with E-state index >= 15 is 0 Å². The molecule has 0 aliphatic carbocycles. The normalized spacial score (nSPS) is 21.3. The van der Waals surface area contributed by atoms with Crippen molar-refractivity contribution in [1.29, 1.82) is 0 Å². The van der Waals surface area contributed by atoms with Gasteiger partial charge in [-0.3, -0.25) is 9.59 Å². The first kappa shape index (κ1) is 32.4. The first-order chi connectivity index (χ1) is 22.1. The van der Waals surface area contributed by atoms with E-state index in [-0.39, 0.29) is 19.6 Å². The van der Waals surface area contributed by atoms with Crippen molar-refractivity contribution >= 4 is 11.6 Å². The van der Waals surface area contributed by atoms with Gasteiger partial charge >= 0.3 is 0 Å². The summed E-state index contributed by atoms with van der Waals surface area (Å²) >= 11 is 0. The quantitative estimate of drug-likeness (QED) is 0.139. The number of ketones is 2. The van der Waals surface area contributed by atoms with Gasteiger partial charge in [0.2, 0.25) is 5.78 Å². The Balaban J connectivity index is 1.45. The predicted molar refractivity (Wildman–Crippen MR) is 170 cm³/mol. The summed E-state index contributed by atoms with van der Waals surface area (Å²) in [6, 6.07) is 39.5. The van der Waals surface area contributed by atoms with Gasteiger partial charge < -0.3 is 23.7 Å². The van der Waals surface area contributed by atoms with Gasteiger partial charge in [0.25, 0.3) is 0 Å². The summed E-state index contributed by atoms with van der Waals surface area (Å²) in [6.07, 6.45) is -3.44. The van der Waals surface area contributed by atoms with E-state index in [4.69, 9.17) is 23.7 Å². The number of ether oxygens (including phenoxy) is 5. The second-order valence-corrected chi connectivity index (χ2v) is 11.2. The highest BCUT2D eigenvalue weighted by atomic mass is 16.6. The molecule has 5 rings (SSSR count). The molecule has 7 nitrogen and oxygen atoms in total. The molecule has 5 atom stereocenters. The van der Waals surface area contributed by atoms with Crippen molar-refractivity contribution in [3.8, 4) is 0 Å². The SMILES string of the molecule is CC(=O)C(=O)C[C@H]1OC(COCc2ccccc2)[C@@H](OCc2ccccc2)C(OCc2ccccc2)C1OCc1ccccc1. The van der Waals surface area contributed by atoms with Crippen molar-refractivity contribution in [3.63, 3.8) is 0 Å². The molecule has 3 unspecified atom stereocenters. The summed E-state index contributed by atoms with van der Waals surface area (Å²) in [5.74, 6) is -1.05. The van der Waals surface area contributed by atoms with Gasteiger partial charge in [0, 0.05) is 13.3 Å². The average molecular weight is 609 g/mol. The van der Waals surface area contributed by atoms with Crippen LogP contribution in [0.15, 0.2) is 121 Å². The molecular weight excluding hydrogens is 568 g/mol. The molecule has 4 aromatic carbocycles. The van der Waals surface area contributed by atoms with Gasteiger partial charge in [-0.1, -0.05) is 121 Å². The van der Waals surface area contributed by atoms with Gasteiger partial charge in [-0.2, -0.15) is 0 Å². The summed E-state index contributed by atoms with van der Waals surface area (Å²) in [6.45, 7) is 2.74.